The highest BCUT2D eigenvalue weighted by Gasteiger charge is 2.19. The number of hydrogen-bond donors (Lipinski definition) is 0. The molecule has 0 fully saturated rings. The Balaban J connectivity index is 1.46. The molecule has 0 aliphatic rings. The minimum Gasteiger partial charge on any atom is -0.497 e. The second-order valence-electron chi connectivity index (χ2n) is 6.04. The second-order valence-corrected chi connectivity index (χ2v) is 7.35. The molecule has 0 saturated heterocycles. The van der Waals surface area contributed by atoms with Gasteiger partial charge in [-0.25, -0.2) is 4.68 Å². The van der Waals surface area contributed by atoms with Gasteiger partial charge in [0.2, 0.25) is 16.9 Å². The topological polar surface area (TPSA) is 91.8 Å². The summed E-state index contributed by atoms with van der Waals surface area (Å²) in [4.78, 5) is 0. The van der Waals surface area contributed by atoms with Gasteiger partial charge in [0.15, 0.2) is 0 Å². The molecule has 28 heavy (non-hydrogen) atoms. The average Bonchev–Trinajstić information content (AvgIpc) is 3.39. The number of thioether (sulfide) groups is 1. The van der Waals surface area contributed by atoms with E-state index >= 15 is 0 Å². The van der Waals surface area contributed by atoms with Crippen molar-refractivity contribution in [1.29, 1.82) is 0 Å². The zero-order valence-corrected chi connectivity index (χ0v) is 16.2. The van der Waals surface area contributed by atoms with Crippen molar-refractivity contribution in [2.24, 2.45) is 0 Å². The van der Waals surface area contributed by atoms with Crippen LogP contribution in [-0.2, 0) is 6.54 Å². The maximum absolute atomic E-state index is 5.83. The van der Waals surface area contributed by atoms with E-state index in [-0.39, 0.29) is 5.25 Å². The van der Waals surface area contributed by atoms with E-state index in [4.69, 9.17) is 9.15 Å². The Labute approximate surface area is 165 Å². The highest BCUT2D eigenvalue weighted by atomic mass is 32.2. The van der Waals surface area contributed by atoms with E-state index in [1.165, 1.54) is 11.8 Å². The minimum absolute atomic E-state index is 0.0921. The third-order valence-corrected chi connectivity index (χ3v) is 5.14. The van der Waals surface area contributed by atoms with Crippen molar-refractivity contribution in [3.05, 3.63) is 66.1 Å². The van der Waals surface area contributed by atoms with Crippen LogP contribution in [0.1, 0.15) is 23.6 Å². The van der Waals surface area contributed by atoms with Gasteiger partial charge in [0, 0.05) is 5.56 Å². The molecule has 142 valence electrons. The lowest BCUT2D eigenvalue weighted by molar-refractivity contribution is 0.414. The van der Waals surface area contributed by atoms with Gasteiger partial charge in [-0.05, 0) is 47.2 Å². The van der Waals surface area contributed by atoms with Gasteiger partial charge in [0.25, 0.3) is 0 Å². The van der Waals surface area contributed by atoms with Gasteiger partial charge >= 0.3 is 0 Å². The van der Waals surface area contributed by atoms with Crippen molar-refractivity contribution in [1.82, 2.24) is 30.4 Å². The Morgan fingerprint density at radius 1 is 1.04 bits per heavy atom. The Hall–Kier alpha value is -3.20. The van der Waals surface area contributed by atoms with Gasteiger partial charge in [-0.2, -0.15) is 0 Å². The number of aromatic nitrogens is 6. The van der Waals surface area contributed by atoms with Crippen LogP contribution in [0.3, 0.4) is 0 Å². The number of tetrazole rings is 1. The highest BCUT2D eigenvalue weighted by Crippen LogP contribution is 2.33. The number of ether oxygens (including phenoxy) is 1. The quantitative estimate of drug-likeness (QED) is 0.439. The fraction of sp³-hybridized carbons (Fsp3) is 0.211. The zero-order chi connectivity index (χ0) is 19.3. The van der Waals surface area contributed by atoms with Crippen LogP contribution in [0, 0.1) is 0 Å². The van der Waals surface area contributed by atoms with Gasteiger partial charge in [0.05, 0.1) is 18.9 Å². The number of methoxy groups -OCH3 is 1. The molecule has 0 radical (unpaired) electrons. The van der Waals surface area contributed by atoms with Gasteiger partial charge in [0.1, 0.15) is 5.75 Å². The van der Waals surface area contributed by atoms with Crippen molar-refractivity contribution in [2.75, 3.05) is 7.11 Å². The predicted molar refractivity (Wildman–Crippen MR) is 104 cm³/mol. The third-order valence-electron chi connectivity index (χ3n) is 4.08. The Morgan fingerprint density at radius 2 is 1.82 bits per heavy atom. The highest BCUT2D eigenvalue weighted by molar-refractivity contribution is 7.99. The van der Waals surface area contributed by atoms with Crippen molar-refractivity contribution in [3.63, 3.8) is 0 Å². The van der Waals surface area contributed by atoms with Crippen molar-refractivity contribution >= 4 is 11.8 Å². The molecule has 2 aromatic heterocycles. The number of benzene rings is 2. The first kappa shape index (κ1) is 18.2. The first-order valence-corrected chi connectivity index (χ1v) is 9.55. The zero-order valence-electron chi connectivity index (χ0n) is 15.4. The molecule has 0 saturated carbocycles. The summed E-state index contributed by atoms with van der Waals surface area (Å²) in [5.74, 6) is 1.85. The largest absolute Gasteiger partial charge is 0.497 e. The summed E-state index contributed by atoms with van der Waals surface area (Å²) >= 11 is 1.47. The molecular formula is C19H18N6O2S. The van der Waals surface area contributed by atoms with E-state index in [9.17, 15) is 0 Å². The van der Waals surface area contributed by atoms with Crippen LogP contribution in [0.4, 0.5) is 0 Å². The Bertz CT molecular complexity index is 1030. The molecule has 0 aliphatic carbocycles. The standard InChI is InChI=1S/C19H18N6O2S/c1-13(17-20-21-18(27-17)15-6-4-3-5-7-15)28-19-22-23-24-25(19)12-14-8-10-16(26-2)11-9-14/h3-11,13H,12H2,1-2H3/t13-/m1/s1. The summed E-state index contributed by atoms with van der Waals surface area (Å²) in [6.45, 7) is 2.55. The van der Waals surface area contributed by atoms with Crippen LogP contribution in [0.5, 0.6) is 5.75 Å². The maximum atomic E-state index is 5.83. The van der Waals surface area contributed by atoms with Crippen molar-refractivity contribution < 1.29 is 9.15 Å². The predicted octanol–water partition coefficient (Wildman–Crippen LogP) is 3.63. The molecule has 0 unspecified atom stereocenters. The van der Waals surface area contributed by atoms with Crippen molar-refractivity contribution in [3.8, 4) is 17.2 Å². The van der Waals surface area contributed by atoms with Crippen LogP contribution in [0.2, 0.25) is 0 Å². The molecule has 2 aromatic carbocycles. The summed E-state index contributed by atoms with van der Waals surface area (Å²) in [6.07, 6.45) is 0. The molecule has 0 bridgehead atoms. The van der Waals surface area contributed by atoms with E-state index in [2.05, 4.69) is 25.7 Å². The van der Waals surface area contributed by atoms with E-state index < -0.39 is 0 Å². The van der Waals surface area contributed by atoms with Crippen LogP contribution >= 0.6 is 11.8 Å². The van der Waals surface area contributed by atoms with E-state index in [1.54, 1.807) is 11.8 Å². The summed E-state index contributed by atoms with van der Waals surface area (Å²) in [7, 11) is 1.65. The third kappa shape index (κ3) is 4.04. The summed E-state index contributed by atoms with van der Waals surface area (Å²) in [5, 5.41) is 20.9. The second kappa shape index (κ2) is 8.22. The Morgan fingerprint density at radius 3 is 2.57 bits per heavy atom. The van der Waals surface area contributed by atoms with Gasteiger partial charge < -0.3 is 9.15 Å². The smallest absolute Gasteiger partial charge is 0.247 e. The molecule has 8 nitrogen and oxygen atoms in total. The molecule has 9 heteroatoms. The van der Waals surface area contributed by atoms with E-state index in [0.29, 0.717) is 23.5 Å². The molecule has 4 rings (SSSR count). The van der Waals surface area contributed by atoms with Crippen molar-refractivity contribution in [2.45, 2.75) is 23.9 Å². The lowest BCUT2D eigenvalue weighted by atomic mass is 10.2. The average molecular weight is 394 g/mol. The lowest BCUT2D eigenvalue weighted by Gasteiger charge is -2.08. The lowest BCUT2D eigenvalue weighted by Crippen LogP contribution is -2.04. The molecule has 0 amide bonds. The van der Waals surface area contributed by atoms with Gasteiger partial charge in [-0.1, -0.05) is 42.1 Å². The normalized spacial score (nSPS) is 12.1. The first-order valence-electron chi connectivity index (χ1n) is 8.67. The molecular weight excluding hydrogens is 376 g/mol. The molecule has 4 aromatic rings. The number of nitrogens with zero attached hydrogens (tertiary/aromatic N) is 6. The van der Waals surface area contributed by atoms with Crippen LogP contribution in [-0.4, -0.2) is 37.5 Å². The maximum Gasteiger partial charge on any atom is 0.247 e. The SMILES string of the molecule is COc1ccc(Cn2nnnc2S[C@H](C)c2nnc(-c3ccccc3)o2)cc1. The van der Waals surface area contributed by atoms with Gasteiger partial charge in [-0.3, -0.25) is 0 Å². The minimum atomic E-state index is -0.0921. The molecule has 0 N–H and O–H groups in total. The summed E-state index contributed by atoms with van der Waals surface area (Å²) in [5.41, 5.74) is 1.97. The Kier molecular flexibility index (Phi) is 5.34. The molecule has 0 aliphatic heterocycles. The number of hydrogen-bond acceptors (Lipinski definition) is 8. The molecule has 0 spiro atoms. The first-order chi connectivity index (χ1) is 13.7. The van der Waals surface area contributed by atoms with Crippen LogP contribution < -0.4 is 4.74 Å². The molecule has 1 atom stereocenters. The van der Waals surface area contributed by atoms with Crippen LogP contribution in [0.15, 0.2) is 64.2 Å². The monoisotopic (exact) mass is 394 g/mol. The van der Waals surface area contributed by atoms with Gasteiger partial charge in [-0.15, -0.1) is 15.3 Å². The summed E-state index contributed by atoms with van der Waals surface area (Å²) < 4.78 is 12.8. The van der Waals surface area contributed by atoms with E-state index in [0.717, 1.165) is 16.9 Å². The fourth-order valence-corrected chi connectivity index (χ4v) is 3.41. The fourth-order valence-electron chi connectivity index (χ4n) is 2.59. The summed E-state index contributed by atoms with van der Waals surface area (Å²) in [6, 6.07) is 17.5. The molecule has 2 heterocycles. The van der Waals surface area contributed by atoms with Crippen LogP contribution in [0.25, 0.3) is 11.5 Å². The number of rotatable bonds is 7. The van der Waals surface area contributed by atoms with E-state index in [1.807, 2.05) is 61.5 Å².